The highest BCUT2D eigenvalue weighted by Crippen LogP contribution is 2.24. The Hall–Kier alpha value is -2.08. The van der Waals surface area contributed by atoms with Gasteiger partial charge in [-0.1, -0.05) is 18.2 Å². The van der Waals surface area contributed by atoms with Gasteiger partial charge >= 0.3 is 0 Å². The van der Waals surface area contributed by atoms with Crippen molar-refractivity contribution in [2.24, 2.45) is 15.9 Å². The smallest absolute Gasteiger partial charge is 0.260 e. The quantitative estimate of drug-likeness (QED) is 0.733. The Morgan fingerprint density at radius 2 is 2.17 bits per heavy atom. The zero-order chi connectivity index (χ0) is 16.9. The molecule has 1 atom stereocenters. The monoisotopic (exact) mass is 328 g/mol. The summed E-state index contributed by atoms with van der Waals surface area (Å²) in [6.45, 7) is 1.58. The summed E-state index contributed by atoms with van der Waals surface area (Å²) in [5.74, 6) is 0.0918. The Balaban J connectivity index is 1.36. The van der Waals surface area contributed by atoms with Gasteiger partial charge < -0.3 is 10.2 Å². The molecule has 0 aromatic heterocycles. The van der Waals surface area contributed by atoms with E-state index in [4.69, 9.17) is 0 Å². The third kappa shape index (κ3) is 4.47. The van der Waals surface area contributed by atoms with Crippen LogP contribution in [0.1, 0.15) is 32.1 Å². The van der Waals surface area contributed by atoms with Gasteiger partial charge in [-0.05, 0) is 32.4 Å². The molecule has 0 bridgehead atoms. The molecular formula is C18H24N4O2. The lowest BCUT2D eigenvalue weighted by molar-refractivity contribution is -0.121. The number of allylic oxidation sites excluding steroid dienone is 3. The van der Waals surface area contributed by atoms with Gasteiger partial charge in [-0.25, -0.2) is 4.99 Å². The van der Waals surface area contributed by atoms with Crippen LogP contribution in [-0.4, -0.2) is 54.4 Å². The van der Waals surface area contributed by atoms with E-state index in [1.165, 1.54) is 12.8 Å². The summed E-state index contributed by atoms with van der Waals surface area (Å²) in [7, 11) is 2.10. The Kier molecular flexibility index (Phi) is 5.35. The van der Waals surface area contributed by atoms with Gasteiger partial charge in [0.15, 0.2) is 0 Å². The van der Waals surface area contributed by atoms with Crippen LogP contribution in [0.3, 0.4) is 0 Å². The van der Waals surface area contributed by atoms with E-state index >= 15 is 0 Å². The fourth-order valence-electron chi connectivity index (χ4n) is 2.89. The van der Waals surface area contributed by atoms with Crippen LogP contribution in [0.2, 0.25) is 0 Å². The standard InChI is InChI=1S/C18H24N4O2/c1-22(13-9-10-13)12-11-19-17(23)8-4-7-16-20-15-6-3-2-5-14(15)18(24)21-16/h2-3,5-6,13-14H,4,7-12H2,1H3,(H,19,23). The molecule has 2 amide bonds. The van der Waals surface area contributed by atoms with Gasteiger partial charge in [0.05, 0.1) is 5.71 Å². The molecule has 1 unspecified atom stereocenters. The van der Waals surface area contributed by atoms with Crippen LogP contribution in [0.4, 0.5) is 0 Å². The molecule has 6 heteroatoms. The highest BCUT2D eigenvalue weighted by molar-refractivity contribution is 6.21. The van der Waals surface area contributed by atoms with E-state index in [2.05, 4.69) is 27.2 Å². The summed E-state index contributed by atoms with van der Waals surface area (Å²) >= 11 is 0. The maximum absolute atomic E-state index is 12.0. The topological polar surface area (TPSA) is 74.1 Å². The van der Waals surface area contributed by atoms with Gasteiger partial charge in [-0.15, -0.1) is 0 Å². The van der Waals surface area contributed by atoms with E-state index in [-0.39, 0.29) is 17.7 Å². The van der Waals surface area contributed by atoms with Crippen molar-refractivity contribution in [2.75, 3.05) is 20.1 Å². The molecule has 0 spiro atoms. The van der Waals surface area contributed by atoms with Gasteiger partial charge in [0.1, 0.15) is 11.8 Å². The van der Waals surface area contributed by atoms with E-state index in [1.54, 1.807) is 0 Å². The van der Waals surface area contributed by atoms with Crippen LogP contribution in [0.15, 0.2) is 34.3 Å². The van der Waals surface area contributed by atoms with Crippen molar-refractivity contribution in [3.63, 3.8) is 0 Å². The predicted molar refractivity (Wildman–Crippen MR) is 94.2 cm³/mol. The van der Waals surface area contributed by atoms with Gasteiger partial charge in [0.25, 0.3) is 5.91 Å². The minimum Gasteiger partial charge on any atom is -0.355 e. The van der Waals surface area contributed by atoms with Crippen molar-refractivity contribution in [3.8, 4) is 0 Å². The number of nitrogens with one attached hydrogen (secondary N) is 1. The number of rotatable bonds is 8. The highest BCUT2D eigenvalue weighted by atomic mass is 16.2. The van der Waals surface area contributed by atoms with Crippen LogP contribution in [0.5, 0.6) is 0 Å². The van der Waals surface area contributed by atoms with E-state index in [0.29, 0.717) is 31.6 Å². The third-order valence-electron chi connectivity index (χ3n) is 4.52. The normalized spacial score (nSPS) is 22.2. The molecule has 0 saturated heterocycles. The van der Waals surface area contributed by atoms with Crippen LogP contribution in [0.25, 0.3) is 0 Å². The molecule has 1 heterocycles. The molecule has 3 rings (SSSR count). The number of nitrogens with zero attached hydrogens (tertiary/aromatic N) is 3. The summed E-state index contributed by atoms with van der Waals surface area (Å²) in [6, 6.07) is 0.718. The lowest BCUT2D eigenvalue weighted by atomic mass is 9.96. The van der Waals surface area contributed by atoms with Crippen LogP contribution < -0.4 is 5.32 Å². The zero-order valence-corrected chi connectivity index (χ0v) is 14.1. The average Bonchev–Trinajstić information content (AvgIpc) is 3.40. The fourth-order valence-corrected chi connectivity index (χ4v) is 2.89. The number of fused-ring (bicyclic) bond motifs is 1. The van der Waals surface area contributed by atoms with Crippen LogP contribution in [0, 0.1) is 5.92 Å². The van der Waals surface area contributed by atoms with Crippen molar-refractivity contribution in [3.05, 3.63) is 24.3 Å². The average molecular weight is 328 g/mol. The SMILES string of the molecule is CN(CCNC(=O)CCCC1=NC(=O)C2C=CC=CC2=N1)C1CC1. The number of hydrogen-bond acceptors (Lipinski definition) is 4. The Bertz CT molecular complexity index is 629. The fraction of sp³-hybridized carbons (Fsp3) is 0.556. The van der Waals surface area contributed by atoms with Crippen molar-refractivity contribution >= 4 is 23.4 Å². The molecule has 1 N–H and O–H groups in total. The van der Waals surface area contributed by atoms with Crippen LogP contribution >= 0.6 is 0 Å². The largest absolute Gasteiger partial charge is 0.355 e. The molecule has 0 aromatic carbocycles. The second-order valence-electron chi connectivity index (χ2n) is 6.54. The number of amides is 2. The predicted octanol–water partition coefficient (Wildman–Crippen LogP) is 1.49. The number of likely N-dealkylation sites (N-methyl/N-ethyl adjacent to an activating group) is 1. The number of amidine groups is 1. The maximum atomic E-state index is 12.0. The molecule has 0 aromatic rings. The van der Waals surface area contributed by atoms with Gasteiger partial charge in [0, 0.05) is 32.0 Å². The molecule has 1 fully saturated rings. The third-order valence-corrected chi connectivity index (χ3v) is 4.52. The minimum atomic E-state index is -0.328. The summed E-state index contributed by atoms with van der Waals surface area (Å²) in [5, 5.41) is 2.94. The number of carbonyl (C=O) groups is 2. The second-order valence-corrected chi connectivity index (χ2v) is 6.54. The molecule has 128 valence electrons. The minimum absolute atomic E-state index is 0.0490. The number of carbonyl (C=O) groups excluding carboxylic acids is 2. The molecule has 2 aliphatic carbocycles. The Labute approximate surface area is 142 Å². The first kappa shape index (κ1) is 16.8. The van der Waals surface area contributed by atoms with Crippen molar-refractivity contribution in [1.82, 2.24) is 10.2 Å². The molecule has 1 saturated carbocycles. The summed E-state index contributed by atoms with van der Waals surface area (Å²) in [6.07, 6.45) is 11.6. The molecular weight excluding hydrogens is 304 g/mol. The summed E-state index contributed by atoms with van der Waals surface area (Å²) < 4.78 is 0. The van der Waals surface area contributed by atoms with Gasteiger partial charge in [0.2, 0.25) is 5.91 Å². The molecule has 3 aliphatic rings. The zero-order valence-electron chi connectivity index (χ0n) is 14.1. The van der Waals surface area contributed by atoms with Gasteiger partial charge in [-0.2, -0.15) is 4.99 Å². The second kappa shape index (κ2) is 7.66. The summed E-state index contributed by atoms with van der Waals surface area (Å²) in [4.78, 5) is 34.6. The van der Waals surface area contributed by atoms with Crippen molar-refractivity contribution < 1.29 is 9.59 Å². The van der Waals surface area contributed by atoms with E-state index in [1.807, 2.05) is 24.3 Å². The molecule has 24 heavy (non-hydrogen) atoms. The van der Waals surface area contributed by atoms with Crippen molar-refractivity contribution in [1.29, 1.82) is 0 Å². The van der Waals surface area contributed by atoms with E-state index in [9.17, 15) is 9.59 Å². The molecule has 1 aliphatic heterocycles. The van der Waals surface area contributed by atoms with Crippen LogP contribution in [-0.2, 0) is 9.59 Å². The first-order valence-electron chi connectivity index (χ1n) is 8.65. The highest BCUT2D eigenvalue weighted by Gasteiger charge is 2.26. The molecule has 0 radical (unpaired) electrons. The van der Waals surface area contributed by atoms with Gasteiger partial charge in [-0.3, -0.25) is 9.59 Å². The Morgan fingerprint density at radius 3 is 2.96 bits per heavy atom. The molecule has 6 nitrogen and oxygen atoms in total. The number of hydrogen-bond donors (Lipinski definition) is 1. The van der Waals surface area contributed by atoms with E-state index in [0.717, 1.165) is 18.3 Å². The Morgan fingerprint density at radius 1 is 1.33 bits per heavy atom. The van der Waals surface area contributed by atoms with Crippen molar-refractivity contribution in [2.45, 2.75) is 38.1 Å². The first-order chi connectivity index (χ1) is 11.6. The summed E-state index contributed by atoms with van der Waals surface area (Å²) in [5.41, 5.74) is 0.750. The lowest BCUT2D eigenvalue weighted by Crippen LogP contribution is -2.33. The first-order valence-corrected chi connectivity index (χ1v) is 8.65. The maximum Gasteiger partial charge on any atom is 0.260 e. The lowest BCUT2D eigenvalue weighted by Gasteiger charge is -2.17. The number of aliphatic imine (C=N–C) groups is 2. The van der Waals surface area contributed by atoms with E-state index < -0.39 is 0 Å².